The summed E-state index contributed by atoms with van der Waals surface area (Å²) in [4.78, 5) is 0. The summed E-state index contributed by atoms with van der Waals surface area (Å²) in [5.74, 6) is 1.42. The van der Waals surface area contributed by atoms with Crippen molar-refractivity contribution in [3.63, 3.8) is 0 Å². The van der Waals surface area contributed by atoms with Crippen molar-refractivity contribution >= 4 is 0 Å². The van der Waals surface area contributed by atoms with Gasteiger partial charge in [0.1, 0.15) is 0 Å². The molecule has 0 spiro atoms. The zero-order valence-electron chi connectivity index (χ0n) is 11.5. The molecule has 1 heterocycles. The fourth-order valence-electron chi connectivity index (χ4n) is 2.27. The summed E-state index contributed by atoms with van der Waals surface area (Å²) in [6.45, 7) is 2.53. The number of ether oxygens (including phenoxy) is 3. The van der Waals surface area contributed by atoms with Gasteiger partial charge in [0.25, 0.3) is 0 Å². The molecule has 1 aromatic carbocycles. The van der Waals surface area contributed by atoms with Crippen molar-refractivity contribution in [3.8, 4) is 11.5 Å². The van der Waals surface area contributed by atoms with Crippen LogP contribution in [0.4, 0.5) is 0 Å². The fourth-order valence-corrected chi connectivity index (χ4v) is 2.27. The van der Waals surface area contributed by atoms with E-state index >= 15 is 0 Å². The maximum Gasteiger partial charge on any atom is 0.161 e. The highest BCUT2D eigenvalue weighted by atomic mass is 16.5. The van der Waals surface area contributed by atoms with Gasteiger partial charge < -0.3 is 25.3 Å². The molecule has 5 nitrogen and oxygen atoms in total. The van der Waals surface area contributed by atoms with Crippen molar-refractivity contribution in [3.05, 3.63) is 23.8 Å². The topological polar surface area (TPSA) is 65.7 Å². The van der Waals surface area contributed by atoms with Crippen LogP contribution in [0.5, 0.6) is 11.5 Å². The van der Waals surface area contributed by atoms with Gasteiger partial charge in [-0.15, -0.1) is 0 Å². The largest absolute Gasteiger partial charge is 0.493 e. The van der Waals surface area contributed by atoms with Crippen molar-refractivity contribution in [1.82, 2.24) is 5.32 Å². The van der Waals surface area contributed by atoms with Crippen LogP contribution in [-0.4, -0.2) is 40.0 Å². The highest BCUT2D eigenvalue weighted by Gasteiger charge is 2.19. The lowest BCUT2D eigenvalue weighted by Crippen LogP contribution is -2.40. The standard InChI is InChI=1S/C14H22N2O3/c1-17-13-4-3-10(7-14(13)18-2)12(15)8-11-9-16-5-6-19-11/h3-4,7,11-12,16H,5-6,8-9,15H2,1-2H3. The van der Waals surface area contributed by atoms with Gasteiger partial charge in [0.15, 0.2) is 11.5 Å². The molecule has 2 atom stereocenters. The maximum absolute atomic E-state index is 6.24. The first-order valence-electron chi connectivity index (χ1n) is 6.54. The molecule has 0 saturated carbocycles. The lowest BCUT2D eigenvalue weighted by atomic mass is 10.0. The quantitative estimate of drug-likeness (QED) is 0.835. The molecule has 5 heteroatoms. The number of nitrogens with one attached hydrogen (secondary N) is 1. The molecular weight excluding hydrogens is 244 g/mol. The summed E-state index contributed by atoms with van der Waals surface area (Å²) in [5, 5.41) is 3.31. The van der Waals surface area contributed by atoms with E-state index < -0.39 is 0 Å². The van der Waals surface area contributed by atoms with E-state index in [0.717, 1.165) is 31.7 Å². The molecule has 1 saturated heterocycles. The van der Waals surface area contributed by atoms with Crippen LogP contribution in [0.1, 0.15) is 18.0 Å². The van der Waals surface area contributed by atoms with E-state index in [2.05, 4.69) is 5.32 Å². The lowest BCUT2D eigenvalue weighted by Gasteiger charge is -2.26. The van der Waals surface area contributed by atoms with Crippen LogP contribution in [0.2, 0.25) is 0 Å². The SMILES string of the molecule is COc1ccc(C(N)CC2CNCCO2)cc1OC. The zero-order valence-corrected chi connectivity index (χ0v) is 11.5. The van der Waals surface area contributed by atoms with E-state index in [9.17, 15) is 0 Å². The number of morpholine rings is 1. The van der Waals surface area contributed by atoms with Crippen molar-refractivity contribution in [2.45, 2.75) is 18.6 Å². The van der Waals surface area contributed by atoms with Crippen LogP contribution in [0, 0.1) is 0 Å². The van der Waals surface area contributed by atoms with Gasteiger partial charge in [-0.05, 0) is 24.1 Å². The highest BCUT2D eigenvalue weighted by Crippen LogP contribution is 2.30. The molecule has 2 unspecified atom stereocenters. The monoisotopic (exact) mass is 266 g/mol. The second kappa shape index (κ2) is 6.75. The number of benzene rings is 1. The molecule has 0 aliphatic carbocycles. The van der Waals surface area contributed by atoms with Gasteiger partial charge >= 0.3 is 0 Å². The summed E-state index contributed by atoms with van der Waals surface area (Å²) in [6.07, 6.45) is 0.972. The molecule has 0 amide bonds. The number of hydrogen-bond donors (Lipinski definition) is 2. The van der Waals surface area contributed by atoms with Gasteiger partial charge in [-0.3, -0.25) is 0 Å². The van der Waals surface area contributed by atoms with Crippen LogP contribution < -0.4 is 20.5 Å². The fraction of sp³-hybridized carbons (Fsp3) is 0.571. The number of methoxy groups -OCH3 is 2. The van der Waals surface area contributed by atoms with Crippen LogP contribution in [0.25, 0.3) is 0 Å². The van der Waals surface area contributed by atoms with Crippen molar-refractivity contribution in [2.75, 3.05) is 33.9 Å². The smallest absolute Gasteiger partial charge is 0.161 e. The minimum atomic E-state index is -0.0651. The number of nitrogens with two attached hydrogens (primary N) is 1. The summed E-state index contributed by atoms with van der Waals surface area (Å²) >= 11 is 0. The first kappa shape index (κ1) is 14.1. The van der Waals surface area contributed by atoms with Gasteiger partial charge in [-0.2, -0.15) is 0 Å². The van der Waals surface area contributed by atoms with Gasteiger partial charge in [-0.25, -0.2) is 0 Å². The Hall–Kier alpha value is -1.30. The van der Waals surface area contributed by atoms with Gasteiger partial charge in [0.2, 0.25) is 0 Å². The third-order valence-electron chi connectivity index (χ3n) is 3.36. The molecular formula is C14H22N2O3. The van der Waals surface area contributed by atoms with Gasteiger partial charge in [0, 0.05) is 19.1 Å². The molecule has 19 heavy (non-hydrogen) atoms. The Morgan fingerprint density at radius 3 is 2.79 bits per heavy atom. The van der Waals surface area contributed by atoms with E-state index in [1.165, 1.54) is 0 Å². The van der Waals surface area contributed by atoms with Crippen molar-refractivity contribution in [1.29, 1.82) is 0 Å². The third-order valence-corrected chi connectivity index (χ3v) is 3.36. The van der Waals surface area contributed by atoms with E-state index in [4.69, 9.17) is 19.9 Å². The van der Waals surface area contributed by atoms with Crippen LogP contribution in [0.15, 0.2) is 18.2 Å². The molecule has 1 aromatic rings. The van der Waals surface area contributed by atoms with Gasteiger partial charge in [0.05, 0.1) is 26.9 Å². The Kier molecular flexibility index (Phi) is 5.01. The molecule has 106 valence electrons. The molecule has 3 N–H and O–H groups in total. The summed E-state index contributed by atoms with van der Waals surface area (Å²) in [5.41, 5.74) is 7.27. The molecule has 2 rings (SSSR count). The first-order valence-corrected chi connectivity index (χ1v) is 6.54. The molecule has 1 aliphatic heterocycles. The normalized spacial score (nSPS) is 20.9. The van der Waals surface area contributed by atoms with E-state index in [-0.39, 0.29) is 12.1 Å². The van der Waals surface area contributed by atoms with Crippen LogP contribution in [-0.2, 0) is 4.74 Å². The third kappa shape index (κ3) is 3.59. The summed E-state index contributed by atoms with van der Waals surface area (Å²) < 4.78 is 16.2. The van der Waals surface area contributed by atoms with Crippen LogP contribution in [0.3, 0.4) is 0 Å². The summed E-state index contributed by atoms with van der Waals surface area (Å²) in [6, 6.07) is 5.72. The molecule has 0 radical (unpaired) electrons. The minimum absolute atomic E-state index is 0.0651. The van der Waals surface area contributed by atoms with Crippen molar-refractivity contribution in [2.24, 2.45) is 5.73 Å². The van der Waals surface area contributed by atoms with Crippen LogP contribution >= 0.6 is 0 Å². The second-order valence-electron chi connectivity index (χ2n) is 4.65. The van der Waals surface area contributed by atoms with E-state index in [1.54, 1.807) is 14.2 Å². The Bertz CT molecular complexity index is 406. The van der Waals surface area contributed by atoms with Gasteiger partial charge in [-0.1, -0.05) is 6.07 Å². The minimum Gasteiger partial charge on any atom is -0.493 e. The Morgan fingerprint density at radius 2 is 2.16 bits per heavy atom. The summed E-state index contributed by atoms with van der Waals surface area (Å²) in [7, 11) is 3.25. The Morgan fingerprint density at radius 1 is 1.37 bits per heavy atom. The Balaban J connectivity index is 2.03. The predicted octanol–water partition coefficient (Wildman–Crippen LogP) is 1.08. The average molecular weight is 266 g/mol. The average Bonchev–Trinajstić information content (AvgIpc) is 2.47. The zero-order chi connectivity index (χ0) is 13.7. The molecule has 1 aliphatic rings. The molecule has 1 fully saturated rings. The number of hydrogen-bond acceptors (Lipinski definition) is 5. The van der Waals surface area contributed by atoms with Crippen molar-refractivity contribution < 1.29 is 14.2 Å². The maximum atomic E-state index is 6.24. The lowest BCUT2D eigenvalue weighted by molar-refractivity contribution is 0.0195. The Labute approximate surface area is 114 Å². The van der Waals surface area contributed by atoms with E-state index in [1.807, 2.05) is 18.2 Å². The molecule has 0 aromatic heterocycles. The van der Waals surface area contributed by atoms with E-state index in [0.29, 0.717) is 11.5 Å². The highest BCUT2D eigenvalue weighted by molar-refractivity contribution is 5.43. The first-order chi connectivity index (χ1) is 9.24. The number of rotatable bonds is 5. The predicted molar refractivity (Wildman–Crippen MR) is 73.7 cm³/mol. The molecule has 0 bridgehead atoms. The second-order valence-corrected chi connectivity index (χ2v) is 4.65.